The van der Waals surface area contributed by atoms with Crippen LogP contribution in [0.2, 0.25) is 0 Å². The zero-order valence-corrected chi connectivity index (χ0v) is 14.6. The fraction of sp³-hybridized carbons (Fsp3) is 0.421. The maximum absolute atomic E-state index is 11.6. The van der Waals surface area contributed by atoms with Crippen LogP contribution in [0.3, 0.4) is 0 Å². The van der Waals surface area contributed by atoms with Crippen molar-refractivity contribution in [1.82, 2.24) is 19.8 Å². The van der Waals surface area contributed by atoms with Crippen molar-refractivity contribution in [2.24, 2.45) is 0 Å². The molecule has 0 spiro atoms. The zero-order valence-electron chi connectivity index (χ0n) is 14.6. The molecule has 2 aromatic rings. The lowest BCUT2D eigenvalue weighted by molar-refractivity contribution is 0.115. The number of aromatic nitrogens is 2. The van der Waals surface area contributed by atoms with E-state index in [9.17, 15) is 4.79 Å². The normalized spacial score (nSPS) is 20.5. The Kier molecular flexibility index (Phi) is 4.13. The molecule has 1 amide bonds. The lowest BCUT2D eigenvalue weighted by Gasteiger charge is -2.35. The molecule has 6 nitrogen and oxygen atoms in total. The Morgan fingerprint density at radius 1 is 1.20 bits per heavy atom. The quantitative estimate of drug-likeness (QED) is 0.860. The van der Waals surface area contributed by atoms with Crippen molar-refractivity contribution in [3.63, 3.8) is 0 Å². The van der Waals surface area contributed by atoms with Gasteiger partial charge in [0.15, 0.2) is 0 Å². The second-order valence-electron chi connectivity index (χ2n) is 6.80. The fourth-order valence-electron chi connectivity index (χ4n) is 3.53. The third-order valence-corrected chi connectivity index (χ3v) is 4.91. The number of hydrogen-bond acceptors (Lipinski definition) is 5. The first-order valence-electron chi connectivity index (χ1n) is 8.65. The highest BCUT2D eigenvalue weighted by molar-refractivity contribution is 5.70. The van der Waals surface area contributed by atoms with Crippen molar-refractivity contribution >= 4 is 6.09 Å². The Bertz CT molecular complexity index is 791. The van der Waals surface area contributed by atoms with Gasteiger partial charge in [0.2, 0.25) is 0 Å². The molecule has 130 valence electrons. The van der Waals surface area contributed by atoms with Crippen LogP contribution in [-0.2, 0) is 11.3 Å². The number of fused-ring (bicyclic) bond motifs is 1. The van der Waals surface area contributed by atoms with Crippen LogP contribution in [0.15, 0.2) is 30.5 Å². The van der Waals surface area contributed by atoms with Crippen molar-refractivity contribution in [2.45, 2.75) is 26.4 Å². The molecule has 0 bridgehead atoms. The number of cyclic esters (lactones) is 1. The van der Waals surface area contributed by atoms with Gasteiger partial charge in [0.1, 0.15) is 6.61 Å². The molecule has 1 aromatic heterocycles. The minimum Gasteiger partial charge on any atom is -0.447 e. The fourth-order valence-corrected chi connectivity index (χ4v) is 3.53. The van der Waals surface area contributed by atoms with Gasteiger partial charge in [0, 0.05) is 37.9 Å². The van der Waals surface area contributed by atoms with E-state index in [0.29, 0.717) is 6.61 Å². The van der Waals surface area contributed by atoms with Crippen molar-refractivity contribution in [3.8, 4) is 11.3 Å². The van der Waals surface area contributed by atoms with Crippen LogP contribution in [0.4, 0.5) is 4.79 Å². The van der Waals surface area contributed by atoms with E-state index in [-0.39, 0.29) is 12.1 Å². The molecule has 2 fully saturated rings. The number of rotatable bonds is 3. The number of benzene rings is 1. The Morgan fingerprint density at radius 3 is 2.80 bits per heavy atom. The van der Waals surface area contributed by atoms with Gasteiger partial charge in [-0.1, -0.05) is 24.3 Å². The minimum atomic E-state index is -0.163. The molecule has 0 N–H and O–H groups in total. The van der Waals surface area contributed by atoms with Gasteiger partial charge in [-0.15, -0.1) is 0 Å². The molecule has 0 aliphatic carbocycles. The molecule has 25 heavy (non-hydrogen) atoms. The number of ether oxygens (including phenoxy) is 1. The van der Waals surface area contributed by atoms with Crippen molar-refractivity contribution in [1.29, 1.82) is 0 Å². The van der Waals surface area contributed by atoms with E-state index in [0.717, 1.165) is 48.8 Å². The minimum absolute atomic E-state index is 0.163. The summed E-state index contributed by atoms with van der Waals surface area (Å²) in [5, 5.41) is 0. The number of carbonyl (C=O) groups is 1. The lowest BCUT2D eigenvalue weighted by atomic mass is 10.1. The first-order valence-corrected chi connectivity index (χ1v) is 8.65. The second kappa shape index (κ2) is 6.44. The Hall–Kier alpha value is -2.47. The smallest absolute Gasteiger partial charge is 0.410 e. The molecular formula is C19H22N4O2. The standard InChI is InChI=1S/C19H22N4O2/c1-13-9-20-14(2)18(21-13)16-5-3-15(4-6-16)10-22-7-8-23-17(11-22)12-25-19(23)24/h3-6,9,17H,7-8,10-12H2,1-2H3. The van der Waals surface area contributed by atoms with E-state index in [1.54, 1.807) is 6.20 Å². The molecule has 2 aliphatic rings. The molecule has 0 saturated carbocycles. The van der Waals surface area contributed by atoms with Gasteiger partial charge in [-0.05, 0) is 19.4 Å². The third kappa shape index (κ3) is 3.22. The molecule has 1 aromatic carbocycles. The van der Waals surface area contributed by atoms with Crippen LogP contribution in [0.5, 0.6) is 0 Å². The summed E-state index contributed by atoms with van der Waals surface area (Å²) < 4.78 is 5.13. The van der Waals surface area contributed by atoms with Gasteiger partial charge in [0.05, 0.1) is 23.1 Å². The number of nitrogens with zero attached hydrogens (tertiary/aromatic N) is 4. The Morgan fingerprint density at radius 2 is 2.00 bits per heavy atom. The zero-order chi connectivity index (χ0) is 17.4. The van der Waals surface area contributed by atoms with Gasteiger partial charge in [-0.3, -0.25) is 14.8 Å². The molecule has 0 radical (unpaired) electrons. The van der Waals surface area contributed by atoms with Gasteiger partial charge in [-0.2, -0.15) is 0 Å². The average Bonchev–Trinajstić information content (AvgIpc) is 2.98. The van der Waals surface area contributed by atoms with E-state index < -0.39 is 0 Å². The van der Waals surface area contributed by atoms with E-state index in [1.807, 2.05) is 18.7 Å². The number of hydrogen-bond donors (Lipinski definition) is 0. The summed E-state index contributed by atoms with van der Waals surface area (Å²) in [6.07, 6.45) is 1.63. The molecule has 2 aliphatic heterocycles. The highest BCUT2D eigenvalue weighted by Crippen LogP contribution is 2.22. The maximum Gasteiger partial charge on any atom is 0.410 e. The summed E-state index contributed by atoms with van der Waals surface area (Å²) in [5.74, 6) is 0. The van der Waals surface area contributed by atoms with Crippen LogP contribution < -0.4 is 0 Å². The summed E-state index contributed by atoms with van der Waals surface area (Å²) in [5.41, 5.74) is 5.18. The van der Waals surface area contributed by atoms with Gasteiger partial charge in [0.25, 0.3) is 0 Å². The summed E-state index contributed by atoms with van der Waals surface area (Å²) >= 11 is 0. The van der Waals surface area contributed by atoms with Crippen LogP contribution in [0.1, 0.15) is 17.0 Å². The van der Waals surface area contributed by atoms with Gasteiger partial charge in [-0.25, -0.2) is 9.78 Å². The summed E-state index contributed by atoms with van der Waals surface area (Å²) in [6.45, 7) is 7.85. The highest BCUT2D eigenvalue weighted by Gasteiger charge is 2.37. The number of carbonyl (C=O) groups excluding carboxylic acids is 1. The number of aryl methyl sites for hydroxylation is 2. The summed E-state index contributed by atoms with van der Waals surface area (Å²) in [6, 6.07) is 8.74. The van der Waals surface area contributed by atoms with E-state index >= 15 is 0 Å². The van der Waals surface area contributed by atoms with E-state index in [4.69, 9.17) is 4.74 Å². The molecule has 1 atom stereocenters. The maximum atomic E-state index is 11.6. The largest absolute Gasteiger partial charge is 0.447 e. The molecule has 3 heterocycles. The van der Waals surface area contributed by atoms with E-state index in [2.05, 4.69) is 39.1 Å². The lowest BCUT2D eigenvalue weighted by Crippen LogP contribution is -2.51. The molecule has 2 saturated heterocycles. The molecule has 6 heteroatoms. The third-order valence-electron chi connectivity index (χ3n) is 4.91. The van der Waals surface area contributed by atoms with Crippen molar-refractivity contribution in [3.05, 3.63) is 47.4 Å². The second-order valence-corrected chi connectivity index (χ2v) is 6.80. The van der Waals surface area contributed by atoms with Crippen LogP contribution >= 0.6 is 0 Å². The first kappa shape index (κ1) is 16.0. The Labute approximate surface area is 147 Å². The monoisotopic (exact) mass is 338 g/mol. The van der Waals surface area contributed by atoms with Crippen LogP contribution in [0, 0.1) is 13.8 Å². The highest BCUT2D eigenvalue weighted by atomic mass is 16.6. The van der Waals surface area contributed by atoms with Crippen molar-refractivity contribution in [2.75, 3.05) is 26.2 Å². The topological polar surface area (TPSA) is 58.6 Å². The molecule has 4 rings (SSSR count). The average molecular weight is 338 g/mol. The number of amides is 1. The summed E-state index contributed by atoms with van der Waals surface area (Å²) in [4.78, 5) is 24.8. The van der Waals surface area contributed by atoms with Gasteiger partial charge >= 0.3 is 6.09 Å². The van der Waals surface area contributed by atoms with Crippen molar-refractivity contribution < 1.29 is 9.53 Å². The van der Waals surface area contributed by atoms with Crippen LogP contribution in [-0.4, -0.2) is 58.1 Å². The van der Waals surface area contributed by atoms with Crippen LogP contribution in [0.25, 0.3) is 11.3 Å². The predicted octanol–water partition coefficient (Wildman–Crippen LogP) is 2.40. The van der Waals surface area contributed by atoms with Gasteiger partial charge < -0.3 is 4.74 Å². The summed E-state index contributed by atoms with van der Waals surface area (Å²) in [7, 11) is 0. The number of piperazine rings is 1. The predicted molar refractivity (Wildman–Crippen MR) is 94.1 cm³/mol. The SMILES string of the molecule is Cc1cnc(C)c(-c2ccc(CN3CCN4C(=O)OCC4C3)cc2)n1. The Balaban J connectivity index is 1.44. The molecule has 1 unspecified atom stereocenters. The van der Waals surface area contributed by atoms with E-state index in [1.165, 1.54) is 5.56 Å². The molecular weight excluding hydrogens is 316 g/mol. The first-order chi connectivity index (χ1) is 12.1.